The highest BCUT2D eigenvalue weighted by Crippen LogP contribution is 2.33. The number of hydrogen-bond donors (Lipinski definition) is 0. The lowest BCUT2D eigenvalue weighted by atomic mass is 10.1. The first kappa shape index (κ1) is 17.4. The van der Waals surface area contributed by atoms with E-state index in [1.807, 2.05) is 50.2 Å². The topological polar surface area (TPSA) is 35.0 Å². The summed E-state index contributed by atoms with van der Waals surface area (Å²) in [5.41, 5.74) is 2.85. The summed E-state index contributed by atoms with van der Waals surface area (Å²) >= 11 is 6.25. The van der Waals surface area contributed by atoms with Crippen LogP contribution in [0.4, 0.5) is 4.39 Å². The summed E-state index contributed by atoms with van der Waals surface area (Å²) in [6.07, 6.45) is 0. The molecule has 1 aromatic heterocycles. The Morgan fingerprint density at radius 3 is 2.30 bits per heavy atom. The van der Waals surface area contributed by atoms with Crippen LogP contribution in [-0.4, -0.2) is 9.97 Å². The molecule has 0 aliphatic carbocycles. The molecule has 1 heterocycles. The number of benzene rings is 3. The van der Waals surface area contributed by atoms with E-state index in [4.69, 9.17) is 16.3 Å². The lowest BCUT2D eigenvalue weighted by Crippen LogP contribution is -1.98. The van der Waals surface area contributed by atoms with Gasteiger partial charge in [-0.15, -0.1) is 0 Å². The smallest absolute Gasteiger partial charge is 0.230 e. The fourth-order valence-electron chi connectivity index (χ4n) is 2.97. The normalized spacial score (nSPS) is 11.0. The standard InChI is InChI=1S/C22H16ClFN2O/c1-13-11-15(12-14(2)20(13)23)27-22-17-8-4-6-10-19(17)25-21(26-22)16-7-3-5-9-18(16)24/h3-12H,1-2H3. The number of para-hydroxylation sites is 1. The second kappa shape index (κ2) is 6.97. The minimum Gasteiger partial charge on any atom is -0.438 e. The van der Waals surface area contributed by atoms with Crippen molar-refractivity contribution in [2.24, 2.45) is 0 Å². The molecule has 0 aliphatic heterocycles. The first-order valence-electron chi connectivity index (χ1n) is 8.49. The predicted octanol–water partition coefficient (Wildman–Crippen LogP) is 6.50. The number of fused-ring (bicyclic) bond motifs is 1. The van der Waals surface area contributed by atoms with Gasteiger partial charge in [-0.2, -0.15) is 4.98 Å². The van der Waals surface area contributed by atoms with E-state index in [0.717, 1.165) is 16.5 Å². The highest BCUT2D eigenvalue weighted by molar-refractivity contribution is 6.32. The van der Waals surface area contributed by atoms with Gasteiger partial charge in [0, 0.05) is 5.02 Å². The number of aromatic nitrogens is 2. The van der Waals surface area contributed by atoms with Gasteiger partial charge >= 0.3 is 0 Å². The molecule has 0 N–H and O–H groups in total. The summed E-state index contributed by atoms with van der Waals surface area (Å²) in [4.78, 5) is 9.01. The van der Waals surface area contributed by atoms with Crippen molar-refractivity contribution >= 4 is 22.5 Å². The van der Waals surface area contributed by atoms with Crippen molar-refractivity contribution < 1.29 is 9.13 Å². The van der Waals surface area contributed by atoms with E-state index in [1.165, 1.54) is 6.07 Å². The molecular weight excluding hydrogens is 363 g/mol. The number of ether oxygens (including phenoxy) is 1. The van der Waals surface area contributed by atoms with Gasteiger partial charge in [0.25, 0.3) is 0 Å². The lowest BCUT2D eigenvalue weighted by molar-refractivity contribution is 0.468. The molecule has 134 valence electrons. The maximum Gasteiger partial charge on any atom is 0.230 e. The van der Waals surface area contributed by atoms with Crippen LogP contribution in [0.3, 0.4) is 0 Å². The van der Waals surface area contributed by atoms with Crippen LogP contribution >= 0.6 is 11.6 Å². The summed E-state index contributed by atoms with van der Waals surface area (Å²) in [6.45, 7) is 3.84. The third-order valence-electron chi connectivity index (χ3n) is 4.31. The van der Waals surface area contributed by atoms with Gasteiger partial charge in [0.05, 0.1) is 16.5 Å². The van der Waals surface area contributed by atoms with Gasteiger partial charge in [0.2, 0.25) is 5.88 Å². The molecule has 0 atom stereocenters. The van der Waals surface area contributed by atoms with E-state index in [1.54, 1.807) is 18.2 Å². The van der Waals surface area contributed by atoms with Gasteiger partial charge in [-0.05, 0) is 61.4 Å². The predicted molar refractivity (Wildman–Crippen MR) is 106 cm³/mol. The second-order valence-corrected chi connectivity index (χ2v) is 6.70. The Labute approximate surface area is 161 Å². The number of halogens is 2. The van der Waals surface area contributed by atoms with E-state index < -0.39 is 0 Å². The minimum absolute atomic E-state index is 0.282. The molecule has 0 amide bonds. The molecule has 0 radical (unpaired) electrons. The van der Waals surface area contributed by atoms with Crippen LogP contribution in [0.15, 0.2) is 60.7 Å². The molecule has 3 nitrogen and oxygen atoms in total. The van der Waals surface area contributed by atoms with Crippen LogP contribution in [-0.2, 0) is 0 Å². The zero-order valence-electron chi connectivity index (χ0n) is 14.8. The summed E-state index contributed by atoms with van der Waals surface area (Å²) in [7, 11) is 0. The molecule has 0 bridgehead atoms. The van der Waals surface area contributed by atoms with Crippen molar-refractivity contribution in [2.75, 3.05) is 0 Å². The highest BCUT2D eigenvalue weighted by atomic mass is 35.5. The molecule has 27 heavy (non-hydrogen) atoms. The molecule has 0 saturated heterocycles. The van der Waals surface area contributed by atoms with E-state index in [0.29, 0.717) is 27.7 Å². The zero-order chi connectivity index (χ0) is 19.0. The Morgan fingerprint density at radius 2 is 1.56 bits per heavy atom. The summed E-state index contributed by atoms with van der Waals surface area (Å²) in [6, 6.07) is 17.6. The third-order valence-corrected chi connectivity index (χ3v) is 4.90. The average Bonchev–Trinajstić information content (AvgIpc) is 2.66. The summed E-state index contributed by atoms with van der Waals surface area (Å²) in [5.74, 6) is 0.902. The first-order valence-corrected chi connectivity index (χ1v) is 8.87. The third kappa shape index (κ3) is 3.36. The van der Waals surface area contributed by atoms with Crippen molar-refractivity contribution in [1.82, 2.24) is 9.97 Å². The maximum atomic E-state index is 14.2. The van der Waals surface area contributed by atoms with Crippen LogP contribution in [0.5, 0.6) is 11.6 Å². The maximum absolute atomic E-state index is 14.2. The van der Waals surface area contributed by atoms with Gasteiger partial charge < -0.3 is 4.74 Å². The van der Waals surface area contributed by atoms with Crippen LogP contribution in [0.25, 0.3) is 22.3 Å². The number of aryl methyl sites for hydroxylation is 2. The van der Waals surface area contributed by atoms with Crippen LogP contribution in [0.1, 0.15) is 11.1 Å². The first-order chi connectivity index (χ1) is 13.0. The van der Waals surface area contributed by atoms with E-state index in [9.17, 15) is 4.39 Å². The number of nitrogens with zero attached hydrogens (tertiary/aromatic N) is 2. The molecular formula is C22H16ClFN2O. The molecule has 5 heteroatoms. The van der Waals surface area contributed by atoms with Gasteiger partial charge in [-0.25, -0.2) is 9.37 Å². The fourth-order valence-corrected chi connectivity index (χ4v) is 3.07. The van der Waals surface area contributed by atoms with Gasteiger partial charge in [0.1, 0.15) is 11.6 Å². The largest absolute Gasteiger partial charge is 0.438 e. The molecule has 4 rings (SSSR count). The highest BCUT2D eigenvalue weighted by Gasteiger charge is 2.14. The zero-order valence-corrected chi connectivity index (χ0v) is 15.6. The van der Waals surface area contributed by atoms with Gasteiger partial charge in [-0.1, -0.05) is 35.9 Å². The Hall–Kier alpha value is -2.98. The van der Waals surface area contributed by atoms with Crippen LogP contribution in [0, 0.1) is 19.7 Å². The molecule has 0 aliphatic rings. The Morgan fingerprint density at radius 1 is 0.889 bits per heavy atom. The van der Waals surface area contributed by atoms with Crippen molar-refractivity contribution in [3.05, 3.63) is 82.6 Å². The molecule has 0 spiro atoms. The lowest BCUT2D eigenvalue weighted by Gasteiger charge is -2.12. The van der Waals surface area contributed by atoms with Crippen LogP contribution in [0.2, 0.25) is 5.02 Å². The van der Waals surface area contributed by atoms with Crippen molar-refractivity contribution in [2.45, 2.75) is 13.8 Å². The Kier molecular flexibility index (Phi) is 4.50. The minimum atomic E-state index is -0.378. The van der Waals surface area contributed by atoms with E-state index in [2.05, 4.69) is 9.97 Å². The second-order valence-electron chi connectivity index (χ2n) is 6.32. The summed E-state index contributed by atoms with van der Waals surface area (Å²) < 4.78 is 20.3. The van der Waals surface area contributed by atoms with Gasteiger partial charge in [0.15, 0.2) is 5.82 Å². The molecule has 0 saturated carbocycles. The SMILES string of the molecule is Cc1cc(Oc2nc(-c3ccccc3F)nc3ccccc23)cc(C)c1Cl. The molecule has 0 fully saturated rings. The van der Waals surface area contributed by atoms with Crippen molar-refractivity contribution in [3.8, 4) is 23.0 Å². The molecule has 0 unspecified atom stereocenters. The van der Waals surface area contributed by atoms with Gasteiger partial charge in [-0.3, -0.25) is 0 Å². The van der Waals surface area contributed by atoms with E-state index in [-0.39, 0.29) is 11.6 Å². The number of rotatable bonds is 3. The molecule has 3 aromatic carbocycles. The van der Waals surface area contributed by atoms with Crippen LogP contribution < -0.4 is 4.74 Å². The van der Waals surface area contributed by atoms with Crippen molar-refractivity contribution in [3.63, 3.8) is 0 Å². The quantitative estimate of drug-likeness (QED) is 0.408. The monoisotopic (exact) mass is 378 g/mol. The Balaban J connectivity index is 1.88. The molecule has 4 aromatic rings. The van der Waals surface area contributed by atoms with Crippen molar-refractivity contribution in [1.29, 1.82) is 0 Å². The number of hydrogen-bond acceptors (Lipinski definition) is 3. The summed E-state index contributed by atoms with van der Waals surface area (Å²) in [5, 5.41) is 1.46. The van der Waals surface area contributed by atoms with E-state index >= 15 is 0 Å². The average molecular weight is 379 g/mol. The Bertz CT molecular complexity index is 1140. The fraction of sp³-hybridized carbons (Fsp3) is 0.0909.